The van der Waals surface area contributed by atoms with Crippen LogP contribution in [0.25, 0.3) is 0 Å². The number of rotatable bonds is 6. The van der Waals surface area contributed by atoms with E-state index in [-0.39, 0.29) is 37.3 Å². The van der Waals surface area contributed by atoms with Crippen LogP contribution in [0.2, 0.25) is 19.6 Å². The molecule has 1 aliphatic heterocycles. The largest absolute Gasteiger partial charge is 0.544 e. The highest BCUT2D eigenvalue weighted by atomic mass is 35.5. The third-order valence-electron chi connectivity index (χ3n) is 3.98. The molecule has 26 heavy (non-hydrogen) atoms. The molecule has 0 radical (unpaired) electrons. The van der Waals surface area contributed by atoms with E-state index >= 15 is 0 Å². The molecule has 0 amide bonds. The zero-order valence-corrected chi connectivity index (χ0v) is 18.1. The number of halogens is 5. The van der Waals surface area contributed by atoms with Gasteiger partial charge in [-0.05, 0) is 43.8 Å². The van der Waals surface area contributed by atoms with Crippen molar-refractivity contribution in [2.24, 2.45) is 0 Å². The first-order chi connectivity index (χ1) is 11.1. The molecular weight excluding hydrogens is 404 g/mol. The predicted molar refractivity (Wildman–Crippen MR) is 107 cm³/mol. The number of hydrogen-bond donors (Lipinski definition) is 1. The van der Waals surface area contributed by atoms with Crippen LogP contribution >= 0.6 is 24.8 Å². The summed E-state index contributed by atoms with van der Waals surface area (Å²) in [6, 6.07) is 7.40. The van der Waals surface area contributed by atoms with Crippen molar-refractivity contribution in [3.63, 3.8) is 0 Å². The normalized spacial score (nSPS) is 17.0. The molecule has 3 nitrogen and oxygen atoms in total. The molecule has 1 aromatic carbocycles. The van der Waals surface area contributed by atoms with Crippen LogP contribution in [0.4, 0.5) is 13.2 Å². The molecule has 0 aromatic heterocycles. The Balaban J connectivity index is 0.00000312. The molecule has 0 spiro atoms. The summed E-state index contributed by atoms with van der Waals surface area (Å²) in [6.07, 6.45) is -4.78. The molecule has 1 aromatic rings. The van der Waals surface area contributed by atoms with Gasteiger partial charge in [-0.1, -0.05) is 12.1 Å². The van der Waals surface area contributed by atoms with E-state index in [0.29, 0.717) is 0 Å². The fourth-order valence-electron chi connectivity index (χ4n) is 2.97. The maximum Gasteiger partial charge on any atom is 0.389 e. The molecule has 0 unspecified atom stereocenters. The molecule has 9 heteroatoms. The zero-order chi connectivity index (χ0) is 17.8. The Kier molecular flexibility index (Phi) is 10.6. The summed E-state index contributed by atoms with van der Waals surface area (Å²) in [7, 11) is -1.68. The lowest BCUT2D eigenvalue weighted by atomic mass is 9.99. The first kappa shape index (κ1) is 25.5. The second kappa shape index (κ2) is 10.8. The SMILES string of the molecule is C[Si](C)(C)Oc1ccc([C@H](CCC(F)(F)F)N2CCNCC2)cc1.Cl.Cl. The number of nitrogens with zero attached hydrogens (tertiary/aromatic N) is 1. The van der Waals surface area contributed by atoms with E-state index in [9.17, 15) is 13.2 Å². The van der Waals surface area contributed by atoms with Gasteiger partial charge in [0, 0.05) is 38.6 Å². The van der Waals surface area contributed by atoms with Gasteiger partial charge in [0.2, 0.25) is 8.32 Å². The average molecular weight is 433 g/mol. The maximum absolute atomic E-state index is 12.7. The minimum atomic E-state index is -4.12. The van der Waals surface area contributed by atoms with Gasteiger partial charge in [-0.3, -0.25) is 4.90 Å². The van der Waals surface area contributed by atoms with Gasteiger partial charge in [-0.15, -0.1) is 24.8 Å². The van der Waals surface area contributed by atoms with Crippen LogP contribution in [0, 0.1) is 0 Å². The first-order valence-electron chi connectivity index (χ1n) is 8.44. The summed E-state index contributed by atoms with van der Waals surface area (Å²) in [4.78, 5) is 2.15. The molecule has 2 rings (SSSR count). The molecule has 0 saturated carbocycles. The van der Waals surface area contributed by atoms with Gasteiger partial charge in [-0.2, -0.15) is 13.2 Å². The number of benzene rings is 1. The lowest BCUT2D eigenvalue weighted by molar-refractivity contribution is -0.138. The second-order valence-electron chi connectivity index (χ2n) is 7.24. The van der Waals surface area contributed by atoms with Crippen LogP contribution < -0.4 is 9.74 Å². The van der Waals surface area contributed by atoms with E-state index in [4.69, 9.17) is 4.43 Å². The van der Waals surface area contributed by atoms with E-state index in [1.54, 1.807) is 0 Å². The Hall–Kier alpha value is -0.473. The van der Waals surface area contributed by atoms with Crippen molar-refractivity contribution in [2.45, 2.75) is 44.7 Å². The van der Waals surface area contributed by atoms with E-state index in [2.05, 4.69) is 29.9 Å². The summed E-state index contributed by atoms with van der Waals surface area (Å²) >= 11 is 0. The van der Waals surface area contributed by atoms with Crippen LogP contribution in [0.15, 0.2) is 24.3 Å². The molecule has 1 saturated heterocycles. The number of hydrogen-bond acceptors (Lipinski definition) is 3. The van der Waals surface area contributed by atoms with Gasteiger partial charge in [0.05, 0.1) is 0 Å². The highest BCUT2D eigenvalue weighted by molar-refractivity contribution is 6.70. The second-order valence-corrected chi connectivity index (χ2v) is 11.7. The quantitative estimate of drug-likeness (QED) is 0.637. The van der Waals surface area contributed by atoms with Crippen molar-refractivity contribution in [1.82, 2.24) is 10.2 Å². The minimum absolute atomic E-state index is 0. The summed E-state index contributed by atoms with van der Waals surface area (Å²) in [6.45, 7) is 9.50. The standard InChI is InChI=1S/C17H27F3N2OSi.2ClH/c1-24(2,3)23-15-6-4-14(5-7-15)16(8-9-17(18,19)20)22-12-10-21-11-13-22;;/h4-7,16,21H,8-13H2,1-3H3;2*1H/t16-;;/m0../s1. The first-order valence-corrected chi connectivity index (χ1v) is 11.9. The highest BCUT2D eigenvalue weighted by Gasteiger charge is 2.31. The van der Waals surface area contributed by atoms with Crippen molar-refractivity contribution in [3.8, 4) is 5.75 Å². The minimum Gasteiger partial charge on any atom is -0.544 e. The van der Waals surface area contributed by atoms with Crippen molar-refractivity contribution in [2.75, 3.05) is 26.2 Å². The molecule has 1 heterocycles. The Morgan fingerprint density at radius 1 is 1.08 bits per heavy atom. The lowest BCUT2D eigenvalue weighted by Gasteiger charge is -2.35. The predicted octanol–water partition coefficient (Wildman–Crippen LogP) is 5.03. The van der Waals surface area contributed by atoms with Crippen molar-refractivity contribution in [1.29, 1.82) is 0 Å². The van der Waals surface area contributed by atoms with Crippen molar-refractivity contribution < 1.29 is 17.6 Å². The number of piperazine rings is 1. The van der Waals surface area contributed by atoms with Gasteiger partial charge >= 0.3 is 6.18 Å². The molecule has 1 aliphatic rings. The Morgan fingerprint density at radius 3 is 2.08 bits per heavy atom. The lowest BCUT2D eigenvalue weighted by Crippen LogP contribution is -2.45. The summed E-state index contributed by atoms with van der Waals surface area (Å²) in [5.41, 5.74) is 0.934. The molecule has 0 aliphatic carbocycles. The summed E-state index contributed by atoms with van der Waals surface area (Å²) in [5.74, 6) is 0.799. The smallest absolute Gasteiger partial charge is 0.389 e. The van der Waals surface area contributed by atoms with Gasteiger partial charge in [0.1, 0.15) is 5.75 Å². The molecule has 152 valence electrons. The number of nitrogens with one attached hydrogen (secondary N) is 1. The number of alkyl halides is 3. The highest BCUT2D eigenvalue weighted by Crippen LogP contribution is 2.32. The van der Waals surface area contributed by atoms with Gasteiger partial charge in [0.15, 0.2) is 0 Å². The van der Waals surface area contributed by atoms with Gasteiger partial charge in [-0.25, -0.2) is 0 Å². The summed E-state index contributed by atoms with van der Waals surface area (Å²) in [5, 5.41) is 3.25. The maximum atomic E-state index is 12.7. The zero-order valence-electron chi connectivity index (χ0n) is 15.4. The van der Waals surface area contributed by atoms with E-state index < -0.39 is 20.9 Å². The molecule has 1 fully saturated rings. The fraction of sp³-hybridized carbons (Fsp3) is 0.647. The monoisotopic (exact) mass is 432 g/mol. The van der Waals surface area contributed by atoms with Crippen LogP contribution in [0.5, 0.6) is 5.75 Å². The fourth-order valence-corrected chi connectivity index (χ4v) is 3.81. The molecule has 1 atom stereocenters. The van der Waals surface area contributed by atoms with Crippen LogP contribution in [-0.2, 0) is 0 Å². The molecule has 1 N–H and O–H groups in total. The molecular formula is C17H29Cl2F3N2OSi. The van der Waals surface area contributed by atoms with E-state index in [0.717, 1.165) is 37.5 Å². The molecule has 0 bridgehead atoms. The summed E-state index contributed by atoms with van der Waals surface area (Å²) < 4.78 is 44.0. The van der Waals surface area contributed by atoms with Crippen LogP contribution in [0.3, 0.4) is 0 Å². The van der Waals surface area contributed by atoms with Crippen LogP contribution in [-0.4, -0.2) is 45.6 Å². The Morgan fingerprint density at radius 2 is 1.62 bits per heavy atom. The Labute approximate surface area is 167 Å². The van der Waals surface area contributed by atoms with Crippen molar-refractivity contribution in [3.05, 3.63) is 29.8 Å². The van der Waals surface area contributed by atoms with Crippen LogP contribution in [0.1, 0.15) is 24.4 Å². The van der Waals surface area contributed by atoms with Gasteiger partial charge in [0.25, 0.3) is 0 Å². The third-order valence-corrected chi connectivity index (χ3v) is 4.83. The topological polar surface area (TPSA) is 24.5 Å². The van der Waals surface area contributed by atoms with E-state index in [1.807, 2.05) is 24.3 Å². The van der Waals surface area contributed by atoms with Crippen molar-refractivity contribution >= 4 is 33.1 Å². The van der Waals surface area contributed by atoms with E-state index in [1.165, 1.54) is 0 Å². The van der Waals surface area contributed by atoms with Gasteiger partial charge < -0.3 is 9.74 Å². The third kappa shape index (κ3) is 8.95. The Bertz CT molecular complexity index is 518. The average Bonchev–Trinajstić information content (AvgIpc) is 2.47.